The molecule has 3 heteroatoms. The highest BCUT2D eigenvalue weighted by Crippen LogP contribution is 2.15. The summed E-state index contributed by atoms with van der Waals surface area (Å²) in [4.78, 5) is 9.83. The Hall–Kier alpha value is -1.45. The molecule has 1 fully saturated rings. The number of pyridine rings is 1. The van der Waals surface area contributed by atoms with Gasteiger partial charge in [0.1, 0.15) is 0 Å². The van der Waals surface area contributed by atoms with Gasteiger partial charge in [-0.2, -0.15) is 0 Å². The topological polar surface area (TPSA) is 19.4 Å². The summed E-state index contributed by atoms with van der Waals surface area (Å²) in [6.07, 6.45) is 1.04. The summed E-state index contributed by atoms with van der Waals surface area (Å²) in [5.41, 5.74) is 2.31. The lowest BCUT2D eigenvalue weighted by atomic mass is 10.1. The molecule has 1 aromatic heterocycles. The van der Waals surface area contributed by atoms with E-state index in [0.29, 0.717) is 12.1 Å². The fourth-order valence-electron chi connectivity index (χ4n) is 3.22. The van der Waals surface area contributed by atoms with Crippen LogP contribution in [0.1, 0.15) is 19.5 Å². The zero-order valence-electron chi connectivity index (χ0n) is 13.3. The van der Waals surface area contributed by atoms with Crippen molar-refractivity contribution in [3.8, 4) is 0 Å². The maximum absolute atomic E-state index is 4.78. The predicted molar refractivity (Wildman–Crippen MR) is 88.6 cm³/mol. The van der Waals surface area contributed by atoms with E-state index < -0.39 is 0 Å². The SMILES string of the molecule is CC1CN(CCc2ccc3ccccc3n2)CC(C)N1C. The first-order valence-corrected chi connectivity index (χ1v) is 7.92. The summed E-state index contributed by atoms with van der Waals surface area (Å²) in [5, 5.41) is 1.23. The number of hydrogen-bond acceptors (Lipinski definition) is 3. The van der Waals surface area contributed by atoms with Gasteiger partial charge >= 0.3 is 0 Å². The Bertz CT molecular complexity index is 598. The minimum atomic E-state index is 0.637. The number of fused-ring (bicyclic) bond motifs is 1. The molecule has 1 aliphatic heterocycles. The molecular formula is C18H25N3. The summed E-state index contributed by atoms with van der Waals surface area (Å²) in [5.74, 6) is 0. The normalized spacial score (nSPS) is 24.5. The molecule has 0 N–H and O–H groups in total. The maximum atomic E-state index is 4.78. The molecule has 2 heterocycles. The van der Waals surface area contributed by atoms with Crippen LogP contribution in [-0.4, -0.2) is 53.5 Å². The third-order valence-electron chi connectivity index (χ3n) is 4.78. The molecule has 1 aromatic carbocycles. The van der Waals surface area contributed by atoms with Crippen molar-refractivity contribution in [2.24, 2.45) is 0 Å². The molecule has 3 rings (SSSR count). The molecule has 3 nitrogen and oxygen atoms in total. The van der Waals surface area contributed by atoms with Gasteiger partial charge in [-0.05, 0) is 33.0 Å². The Labute approximate surface area is 127 Å². The first-order valence-electron chi connectivity index (χ1n) is 7.92. The van der Waals surface area contributed by atoms with E-state index in [0.717, 1.165) is 31.6 Å². The Kier molecular flexibility index (Phi) is 4.22. The largest absolute Gasteiger partial charge is 0.300 e. The van der Waals surface area contributed by atoms with Gasteiger partial charge in [0.25, 0.3) is 0 Å². The quantitative estimate of drug-likeness (QED) is 0.863. The number of aromatic nitrogens is 1. The van der Waals surface area contributed by atoms with E-state index in [1.807, 2.05) is 0 Å². The first-order chi connectivity index (χ1) is 10.1. The number of piperazine rings is 1. The third kappa shape index (κ3) is 3.25. The first kappa shape index (κ1) is 14.5. The Balaban J connectivity index is 1.64. The number of benzene rings is 1. The Morgan fingerprint density at radius 2 is 1.76 bits per heavy atom. The molecule has 0 saturated carbocycles. The zero-order chi connectivity index (χ0) is 14.8. The average molecular weight is 283 g/mol. The van der Waals surface area contributed by atoms with E-state index >= 15 is 0 Å². The molecule has 0 aliphatic carbocycles. The van der Waals surface area contributed by atoms with Crippen molar-refractivity contribution in [3.05, 3.63) is 42.1 Å². The van der Waals surface area contributed by atoms with Crippen molar-refractivity contribution in [2.75, 3.05) is 26.7 Å². The molecule has 21 heavy (non-hydrogen) atoms. The molecule has 0 amide bonds. The molecule has 1 saturated heterocycles. The average Bonchev–Trinajstić information content (AvgIpc) is 2.50. The second-order valence-corrected chi connectivity index (χ2v) is 6.37. The van der Waals surface area contributed by atoms with E-state index in [1.54, 1.807) is 0 Å². The number of para-hydroxylation sites is 1. The van der Waals surface area contributed by atoms with Crippen molar-refractivity contribution < 1.29 is 0 Å². The lowest BCUT2D eigenvalue weighted by molar-refractivity contribution is 0.0607. The van der Waals surface area contributed by atoms with Gasteiger partial charge in [-0.15, -0.1) is 0 Å². The lowest BCUT2D eigenvalue weighted by Crippen LogP contribution is -2.55. The van der Waals surface area contributed by atoms with Crippen LogP contribution in [-0.2, 0) is 6.42 Å². The van der Waals surface area contributed by atoms with Gasteiger partial charge in [0.15, 0.2) is 0 Å². The van der Waals surface area contributed by atoms with E-state index in [2.05, 4.69) is 67.1 Å². The number of likely N-dealkylation sites (N-methyl/N-ethyl adjacent to an activating group) is 1. The summed E-state index contributed by atoms with van der Waals surface area (Å²) in [6, 6.07) is 14.0. The predicted octanol–water partition coefficient (Wildman–Crippen LogP) is 2.80. The molecule has 1 aliphatic rings. The highest BCUT2D eigenvalue weighted by atomic mass is 15.3. The second-order valence-electron chi connectivity index (χ2n) is 6.37. The van der Waals surface area contributed by atoms with Gasteiger partial charge in [-0.25, -0.2) is 0 Å². The standard InChI is InChI=1S/C18H25N3/c1-14-12-21(13-15(2)20(14)3)11-10-17-9-8-16-6-4-5-7-18(16)19-17/h4-9,14-15H,10-13H2,1-3H3. The van der Waals surface area contributed by atoms with Crippen LogP contribution in [0.3, 0.4) is 0 Å². The van der Waals surface area contributed by atoms with Crippen LogP contribution in [0.25, 0.3) is 10.9 Å². The van der Waals surface area contributed by atoms with Crippen LogP contribution in [0.4, 0.5) is 0 Å². The van der Waals surface area contributed by atoms with Crippen molar-refractivity contribution in [1.82, 2.24) is 14.8 Å². The van der Waals surface area contributed by atoms with E-state index in [1.165, 1.54) is 11.1 Å². The fraction of sp³-hybridized carbons (Fsp3) is 0.500. The molecule has 0 spiro atoms. The highest BCUT2D eigenvalue weighted by Gasteiger charge is 2.25. The molecule has 112 valence electrons. The van der Waals surface area contributed by atoms with Gasteiger partial charge < -0.3 is 0 Å². The Morgan fingerprint density at radius 1 is 1.05 bits per heavy atom. The molecule has 0 bridgehead atoms. The summed E-state index contributed by atoms with van der Waals surface area (Å²) >= 11 is 0. The van der Waals surface area contributed by atoms with Gasteiger partial charge in [-0.3, -0.25) is 14.8 Å². The van der Waals surface area contributed by atoms with Crippen molar-refractivity contribution in [2.45, 2.75) is 32.4 Å². The van der Waals surface area contributed by atoms with Crippen LogP contribution in [0, 0.1) is 0 Å². The van der Waals surface area contributed by atoms with Crippen LogP contribution < -0.4 is 0 Å². The van der Waals surface area contributed by atoms with Gasteiger partial charge in [0.2, 0.25) is 0 Å². The van der Waals surface area contributed by atoms with Crippen molar-refractivity contribution >= 4 is 10.9 Å². The van der Waals surface area contributed by atoms with Crippen LogP contribution in [0.15, 0.2) is 36.4 Å². The van der Waals surface area contributed by atoms with Crippen molar-refractivity contribution in [1.29, 1.82) is 0 Å². The smallest absolute Gasteiger partial charge is 0.0705 e. The van der Waals surface area contributed by atoms with Gasteiger partial charge in [0, 0.05) is 49.2 Å². The lowest BCUT2D eigenvalue weighted by Gasteiger charge is -2.42. The number of nitrogens with zero attached hydrogens (tertiary/aromatic N) is 3. The Morgan fingerprint density at radius 3 is 2.52 bits per heavy atom. The molecular weight excluding hydrogens is 258 g/mol. The van der Waals surface area contributed by atoms with Crippen molar-refractivity contribution in [3.63, 3.8) is 0 Å². The summed E-state index contributed by atoms with van der Waals surface area (Å²) in [7, 11) is 2.23. The second kappa shape index (κ2) is 6.12. The molecule has 0 radical (unpaired) electrons. The van der Waals surface area contributed by atoms with Gasteiger partial charge in [-0.1, -0.05) is 24.3 Å². The molecule has 2 aromatic rings. The van der Waals surface area contributed by atoms with E-state index in [4.69, 9.17) is 4.98 Å². The number of hydrogen-bond donors (Lipinski definition) is 0. The molecule has 2 atom stereocenters. The fourth-order valence-corrected chi connectivity index (χ4v) is 3.22. The highest BCUT2D eigenvalue weighted by molar-refractivity contribution is 5.78. The van der Waals surface area contributed by atoms with Crippen LogP contribution in [0.5, 0.6) is 0 Å². The minimum Gasteiger partial charge on any atom is -0.300 e. The third-order valence-corrected chi connectivity index (χ3v) is 4.78. The summed E-state index contributed by atoms with van der Waals surface area (Å²) in [6.45, 7) is 8.06. The van der Waals surface area contributed by atoms with E-state index in [9.17, 15) is 0 Å². The summed E-state index contributed by atoms with van der Waals surface area (Å²) < 4.78 is 0. The molecule has 2 unspecified atom stereocenters. The van der Waals surface area contributed by atoms with Crippen LogP contribution in [0.2, 0.25) is 0 Å². The monoisotopic (exact) mass is 283 g/mol. The number of rotatable bonds is 3. The van der Waals surface area contributed by atoms with Crippen LogP contribution >= 0.6 is 0 Å². The maximum Gasteiger partial charge on any atom is 0.0705 e. The van der Waals surface area contributed by atoms with Gasteiger partial charge in [0.05, 0.1) is 5.52 Å². The zero-order valence-corrected chi connectivity index (χ0v) is 13.3. The minimum absolute atomic E-state index is 0.637. The van der Waals surface area contributed by atoms with E-state index in [-0.39, 0.29) is 0 Å².